The van der Waals surface area contributed by atoms with Crippen LogP contribution in [0.3, 0.4) is 0 Å². The summed E-state index contributed by atoms with van der Waals surface area (Å²) >= 11 is 0. The molecule has 1 heterocycles. The molecule has 0 radical (unpaired) electrons. The Balaban J connectivity index is 2.55. The second-order valence-corrected chi connectivity index (χ2v) is 5.16. The molecule has 17 heavy (non-hydrogen) atoms. The molecule has 1 aliphatic heterocycles. The van der Waals surface area contributed by atoms with E-state index in [0.29, 0.717) is 25.5 Å². The summed E-state index contributed by atoms with van der Waals surface area (Å²) in [7, 11) is 0. The van der Waals surface area contributed by atoms with Crippen molar-refractivity contribution in [3.63, 3.8) is 0 Å². The number of ether oxygens (including phenoxy) is 1. The summed E-state index contributed by atoms with van der Waals surface area (Å²) in [4.78, 5) is 14.1. The van der Waals surface area contributed by atoms with E-state index < -0.39 is 0 Å². The summed E-state index contributed by atoms with van der Waals surface area (Å²) in [6.45, 7) is 7.96. The van der Waals surface area contributed by atoms with Crippen LogP contribution in [0.4, 0.5) is 0 Å². The number of rotatable bonds is 5. The van der Waals surface area contributed by atoms with E-state index in [2.05, 4.69) is 19.9 Å². The molecule has 4 nitrogen and oxygen atoms in total. The SMILES string of the molecule is CC(C)CN(CCC#N)C(=O)C1COC(C)C1. The van der Waals surface area contributed by atoms with Crippen LogP contribution >= 0.6 is 0 Å². The summed E-state index contributed by atoms with van der Waals surface area (Å²) in [5, 5.41) is 8.63. The van der Waals surface area contributed by atoms with E-state index in [-0.39, 0.29) is 17.9 Å². The standard InChI is InChI=1S/C13H22N2O2/c1-10(2)8-15(6-4-5-14)13(16)12-7-11(3)17-9-12/h10-12H,4,6-9H2,1-3H3. The van der Waals surface area contributed by atoms with Gasteiger partial charge in [-0.1, -0.05) is 13.8 Å². The van der Waals surface area contributed by atoms with E-state index in [9.17, 15) is 4.79 Å². The van der Waals surface area contributed by atoms with E-state index in [1.807, 2.05) is 11.8 Å². The first-order valence-electron chi connectivity index (χ1n) is 6.32. The number of carbonyl (C=O) groups is 1. The van der Waals surface area contributed by atoms with E-state index >= 15 is 0 Å². The Bertz CT molecular complexity index is 296. The van der Waals surface area contributed by atoms with Gasteiger partial charge >= 0.3 is 0 Å². The molecule has 0 aromatic carbocycles. The molecule has 0 aliphatic carbocycles. The van der Waals surface area contributed by atoms with Crippen LogP contribution in [-0.2, 0) is 9.53 Å². The molecule has 0 aromatic heterocycles. The molecular formula is C13H22N2O2. The lowest BCUT2D eigenvalue weighted by Gasteiger charge is -2.26. The zero-order valence-electron chi connectivity index (χ0n) is 11.0. The Morgan fingerprint density at radius 3 is 2.76 bits per heavy atom. The summed E-state index contributed by atoms with van der Waals surface area (Å²) < 4.78 is 5.43. The van der Waals surface area contributed by atoms with Gasteiger partial charge in [0.2, 0.25) is 5.91 Å². The fraction of sp³-hybridized carbons (Fsp3) is 0.846. The summed E-state index contributed by atoms with van der Waals surface area (Å²) in [6, 6.07) is 2.10. The molecule has 96 valence electrons. The van der Waals surface area contributed by atoms with E-state index in [0.717, 1.165) is 13.0 Å². The van der Waals surface area contributed by atoms with Crippen molar-refractivity contribution in [1.82, 2.24) is 4.90 Å². The maximum Gasteiger partial charge on any atom is 0.228 e. The van der Waals surface area contributed by atoms with Crippen molar-refractivity contribution in [2.75, 3.05) is 19.7 Å². The van der Waals surface area contributed by atoms with Gasteiger partial charge in [0.05, 0.1) is 31.1 Å². The average Bonchev–Trinajstić information content (AvgIpc) is 2.69. The maximum atomic E-state index is 12.3. The number of nitriles is 1. The van der Waals surface area contributed by atoms with Gasteiger partial charge in [-0.05, 0) is 19.3 Å². The number of hydrogen-bond acceptors (Lipinski definition) is 3. The van der Waals surface area contributed by atoms with Crippen molar-refractivity contribution >= 4 is 5.91 Å². The second kappa shape index (κ2) is 6.61. The molecule has 1 fully saturated rings. The smallest absolute Gasteiger partial charge is 0.228 e. The first kappa shape index (κ1) is 14.0. The molecule has 1 aliphatic rings. The molecule has 0 aromatic rings. The van der Waals surface area contributed by atoms with E-state index in [1.165, 1.54) is 0 Å². The minimum absolute atomic E-state index is 0.0116. The molecule has 1 rings (SSSR count). The fourth-order valence-corrected chi connectivity index (χ4v) is 2.16. The molecular weight excluding hydrogens is 216 g/mol. The van der Waals surface area contributed by atoms with Crippen molar-refractivity contribution in [3.05, 3.63) is 0 Å². The van der Waals surface area contributed by atoms with Crippen molar-refractivity contribution < 1.29 is 9.53 Å². The van der Waals surface area contributed by atoms with Crippen LogP contribution < -0.4 is 0 Å². The summed E-state index contributed by atoms with van der Waals surface area (Å²) in [5.74, 6) is 0.568. The first-order valence-corrected chi connectivity index (χ1v) is 6.32. The Hall–Kier alpha value is -1.08. The molecule has 0 bridgehead atoms. The lowest BCUT2D eigenvalue weighted by atomic mass is 10.0. The van der Waals surface area contributed by atoms with Gasteiger partial charge in [0.15, 0.2) is 0 Å². The van der Waals surface area contributed by atoms with Crippen LogP contribution in [0.25, 0.3) is 0 Å². The molecule has 1 amide bonds. The van der Waals surface area contributed by atoms with Gasteiger partial charge in [-0.25, -0.2) is 0 Å². The summed E-state index contributed by atoms with van der Waals surface area (Å²) in [6.07, 6.45) is 1.39. The van der Waals surface area contributed by atoms with Crippen molar-refractivity contribution in [2.45, 2.75) is 39.7 Å². The monoisotopic (exact) mass is 238 g/mol. The van der Waals surface area contributed by atoms with E-state index in [1.54, 1.807) is 0 Å². The second-order valence-electron chi connectivity index (χ2n) is 5.16. The Morgan fingerprint density at radius 2 is 2.29 bits per heavy atom. The first-order chi connectivity index (χ1) is 8.04. The lowest BCUT2D eigenvalue weighted by Crippen LogP contribution is -2.39. The highest BCUT2D eigenvalue weighted by Crippen LogP contribution is 2.21. The Kier molecular flexibility index (Phi) is 5.43. The van der Waals surface area contributed by atoms with Gasteiger partial charge in [0.25, 0.3) is 0 Å². The summed E-state index contributed by atoms with van der Waals surface area (Å²) in [5.41, 5.74) is 0. The Morgan fingerprint density at radius 1 is 1.59 bits per heavy atom. The molecule has 2 atom stereocenters. The minimum atomic E-state index is -0.0116. The topological polar surface area (TPSA) is 53.3 Å². The third-order valence-electron chi connectivity index (χ3n) is 2.94. The highest BCUT2D eigenvalue weighted by Gasteiger charge is 2.31. The van der Waals surface area contributed by atoms with Gasteiger partial charge in [-0.3, -0.25) is 4.79 Å². The number of amides is 1. The van der Waals surface area contributed by atoms with Crippen LogP contribution in [0.15, 0.2) is 0 Å². The molecule has 0 spiro atoms. The van der Waals surface area contributed by atoms with Crippen LogP contribution in [0.1, 0.15) is 33.6 Å². The van der Waals surface area contributed by atoms with Crippen molar-refractivity contribution in [2.24, 2.45) is 11.8 Å². The minimum Gasteiger partial charge on any atom is -0.378 e. The van der Waals surface area contributed by atoms with Gasteiger partial charge in [0.1, 0.15) is 0 Å². The highest BCUT2D eigenvalue weighted by molar-refractivity contribution is 5.79. The van der Waals surface area contributed by atoms with Crippen LogP contribution in [0, 0.1) is 23.2 Å². The number of carbonyl (C=O) groups excluding carboxylic acids is 1. The highest BCUT2D eigenvalue weighted by atomic mass is 16.5. The van der Waals surface area contributed by atoms with Gasteiger partial charge in [-0.15, -0.1) is 0 Å². The number of hydrogen-bond donors (Lipinski definition) is 0. The normalized spacial score (nSPS) is 23.7. The van der Waals surface area contributed by atoms with Gasteiger partial charge in [0, 0.05) is 13.1 Å². The van der Waals surface area contributed by atoms with Crippen molar-refractivity contribution in [1.29, 1.82) is 5.26 Å². The molecule has 2 unspecified atom stereocenters. The Labute approximate surface area is 104 Å². The molecule has 0 N–H and O–H groups in total. The van der Waals surface area contributed by atoms with Gasteiger partial charge in [-0.2, -0.15) is 5.26 Å². The predicted octanol–water partition coefficient (Wildman–Crippen LogP) is 1.81. The molecule has 0 saturated carbocycles. The van der Waals surface area contributed by atoms with Crippen molar-refractivity contribution in [3.8, 4) is 6.07 Å². The largest absolute Gasteiger partial charge is 0.378 e. The fourth-order valence-electron chi connectivity index (χ4n) is 2.16. The average molecular weight is 238 g/mol. The quantitative estimate of drug-likeness (QED) is 0.734. The third-order valence-corrected chi connectivity index (χ3v) is 2.94. The van der Waals surface area contributed by atoms with Crippen LogP contribution in [-0.4, -0.2) is 36.6 Å². The lowest BCUT2D eigenvalue weighted by molar-refractivity contribution is -0.136. The van der Waals surface area contributed by atoms with Crippen LogP contribution in [0.5, 0.6) is 0 Å². The van der Waals surface area contributed by atoms with Crippen LogP contribution in [0.2, 0.25) is 0 Å². The maximum absolute atomic E-state index is 12.3. The zero-order valence-corrected chi connectivity index (χ0v) is 11.0. The van der Waals surface area contributed by atoms with Gasteiger partial charge < -0.3 is 9.64 Å². The zero-order chi connectivity index (χ0) is 12.8. The van der Waals surface area contributed by atoms with E-state index in [4.69, 9.17) is 10.00 Å². The molecule has 1 saturated heterocycles. The number of nitrogens with zero attached hydrogens (tertiary/aromatic N) is 2. The predicted molar refractivity (Wildman–Crippen MR) is 65.2 cm³/mol. The molecule has 4 heteroatoms. The third kappa shape index (κ3) is 4.35.